The second-order valence-electron chi connectivity index (χ2n) is 6.74. The third-order valence-electron chi connectivity index (χ3n) is 4.67. The van der Waals surface area contributed by atoms with Crippen LogP contribution in [0.25, 0.3) is 0 Å². The molecule has 7 nitrogen and oxygen atoms in total. The fourth-order valence-electron chi connectivity index (χ4n) is 3.44. The summed E-state index contributed by atoms with van der Waals surface area (Å²) in [5.41, 5.74) is 2.34. The summed E-state index contributed by atoms with van der Waals surface area (Å²) in [6.07, 6.45) is 3.63. The maximum atomic E-state index is 12.8. The van der Waals surface area contributed by atoms with Crippen molar-refractivity contribution < 1.29 is 9.32 Å². The number of likely N-dealkylation sites (tertiary alicyclic amines) is 1. The highest BCUT2D eigenvalue weighted by Crippen LogP contribution is 2.34. The lowest BCUT2D eigenvalue weighted by atomic mass is 10.1. The molecular weight excluding hydrogens is 342 g/mol. The summed E-state index contributed by atoms with van der Waals surface area (Å²) in [5, 5.41) is 7.11. The zero-order valence-electron chi connectivity index (χ0n) is 15.3. The topological polar surface area (TPSA) is 84.2 Å². The Labute approximate surface area is 157 Å². The molecule has 0 aliphatic carbocycles. The molecule has 7 heteroatoms. The van der Waals surface area contributed by atoms with Crippen LogP contribution in [0.5, 0.6) is 0 Å². The molecule has 1 amide bonds. The van der Waals surface area contributed by atoms with Crippen molar-refractivity contribution in [3.63, 3.8) is 0 Å². The van der Waals surface area contributed by atoms with Gasteiger partial charge in [0, 0.05) is 24.5 Å². The Morgan fingerprint density at radius 3 is 2.89 bits per heavy atom. The van der Waals surface area contributed by atoms with Gasteiger partial charge in [-0.15, -0.1) is 0 Å². The average molecular weight is 363 g/mol. The molecule has 0 bridgehead atoms. The molecule has 1 N–H and O–H groups in total. The van der Waals surface area contributed by atoms with E-state index in [1.54, 1.807) is 19.2 Å². The number of carbonyl (C=O) groups is 1. The van der Waals surface area contributed by atoms with Crippen molar-refractivity contribution >= 4 is 17.5 Å². The highest BCUT2D eigenvalue weighted by molar-refractivity contribution is 5.92. The zero-order valence-corrected chi connectivity index (χ0v) is 15.3. The van der Waals surface area contributed by atoms with Crippen molar-refractivity contribution in [3.8, 4) is 0 Å². The summed E-state index contributed by atoms with van der Waals surface area (Å²) >= 11 is 0. The van der Waals surface area contributed by atoms with Gasteiger partial charge in [0.25, 0.3) is 5.91 Å². The lowest BCUT2D eigenvalue weighted by Crippen LogP contribution is -2.30. The molecule has 3 aromatic heterocycles. The molecule has 0 spiro atoms. The third kappa shape index (κ3) is 3.67. The number of aryl methyl sites for hydroxylation is 2. The number of carbonyl (C=O) groups excluding carboxylic acids is 1. The van der Waals surface area contributed by atoms with E-state index in [1.807, 2.05) is 42.2 Å². The van der Waals surface area contributed by atoms with Crippen molar-refractivity contribution in [2.75, 3.05) is 11.9 Å². The van der Waals surface area contributed by atoms with Gasteiger partial charge in [0.1, 0.15) is 17.4 Å². The molecule has 27 heavy (non-hydrogen) atoms. The normalized spacial score (nSPS) is 16.5. The van der Waals surface area contributed by atoms with Gasteiger partial charge in [0.2, 0.25) is 0 Å². The maximum absolute atomic E-state index is 12.8. The number of nitrogens with one attached hydrogen (secondary N) is 1. The van der Waals surface area contributed by atoms with Crippen LogP contribution >= 0.6 is 0 Å². The number of nitrogens with zero attached hydrogens (tertiary/aromatic N) is 4. The molecule has 0 aromatic carbocycles. The smallest absolute Gasteiger partial charge is 0.276 e. The lowest BCUT2D eigenvalue weighted by Gasteiger charge is -2.24. The van der Waals surface area contributed by atoms with Crippen molar-refractivity contribution in [3.05, 3.63) is 65.3 Å². The Kier molecular flexibility index (Phi) is 4.58. The van der Waals surface area contributed by atoms with Gasteiger partial charge in [0.05, 0.1) is 6.04 Å². The molecule has 0 saturated carbocycles. The summed E-state index contributed by atoms with van der Waals surface area (Å²) in [5.74, 6) is 2.00. The van der Waals surface area contributed by atoms with E-state index < -0.39 is 0 Å². The first-order valence-electron chi connectivity index (χ1n) is 9.01. The van der Waals surface area contributed by atoms with E-state index in [0.29, 0.717) is 23.8 Å². The lowest BCUT2D eigenvalue weighted by molar-refractivity contribution is 0.0725. The number of rotatable bonds is 4. The number of aromatic nitrogens is 3. The fraction of sp³-hybridized carbons (Fsp3) is 0.300. The first kappa shape index (κ1) is 17.2. The third-order valence-corrected chi connectivity index (χ3v) is 4.67. The van der Waals surface area contributed by atoms with Crippen LogP contribution in [0.4, 0.5) is 11.6 Å². The van der Waals surface area contributed by atoms with E-state index in [9.17, 15) is 4.79 Å². The molecular formula is C20H21N5O2. The second-order valence-corrected chi connectivity index (χ2v) is 6.74. The number of amides is 1. The molecule has 138 valence electrons. The van der Waals surface area contributed by atoms with Crippen LogP contribution in [0.1, 0.15) is 46.4 Å². The van der Waals surface area contributed by atoms with Gasteiger partial charge in [-0.05, 0) is 56.5 Å². The predicted molar refractivity (Wildman–Crippen MR) is 101 cm³/mol. The van der Waals surface area contributed by atoms with Crippen molar-refractivity contribution in [1.29, 1.82) is 0 Å². The quantitative estimate of drug-likeness (QED) is 0.759. The first-order chi connectivity index (χ1) is 13.1. The van der Waals surface area contributed by atoms with Crippen molar-refractivity contribution in [2.24, 2.45) is 0 Å². The number of hydrogen-bond donors (Lipinski definition) is 1. The van der Waals surface area contributed by atoms with Gasteiger partial charge in [0.15, 0.2) is 5.69 Å². The molecule has 1 aliphatic heterocycles. The summed E-state index contributed by atoms with van der Waals surface area (Å²) < 4.78 is 5.06. The minimum atomic E-state index is -0.0963. The molecule has 4 heterocycles. The van der Waals surface area contributed by atoms with E-state index in [-0.39, 0.29) is 11.9 Å². The molecule has 4 rings (SSSR count). The Hall–Kier alpha value is -3.22. The van der Waals surface area contributed by atoms with Crippen LogP contribution in [0.3, 0.4) is 0 Å². The van der Waals surface area contributed by atoms with Crippen LogP contribution < -0.4 is 5.32 Å². The van der Waals surface area contributed by atoms with Crippen LogP contribution in [0.2, 0.25) is 0 Å². The molecule has 1 aliphatic rings. The van der Waals surface area contributed by atoms with Crippen LogP contribution in [-0.4, -0.2) is 32.5 Å². The SMILES string of the molecule is Cc1cccc(Nc2cc([C@H]3CCCN3C(=O)c3cc(C)on3)ccn2)n1. The number of anilines is 2. The summed E-state index contributed by atoms with van der Waals surface area (Å²) in [6, 6.07) is 11.4. The van der Waals surface area contributed by atoms with Crippen LogP contribution in [-0.2, 0) is 0 Å². The maximum Gasteiger partial charge on any atom is 0.276 e. The molecule has 1 saturated heterocycles. The van der Waals surface area contributed by atoms with Crippen molar-refractivity contribution in [2.45, 2.75) is 32.7 Å². The van der Waals surface area contributed by atoms with E-state index >= 15 is 0 Å². The van der Waals surface area contributed by atoms with Gasteiger partial charge < -0.3 is 14.7 Å². The van der Waals surface area contributed by atoms with Crippen LogP contribution in [0.15, 0.2) is 47.1 Å². The Bertz CT molecular complexity index is 968. The van der Waals surface area contributed by atoms with Gasteiger partial charge in [-0.2, -0.15) is 0 Å². The average Bonchev–Trinajstić information content (AvgIpc) is 3.30. The Balaban J connectivity index is 1.56. The van der Waals surface area contributed by atoms with Gasteiger partial charge >= 0.3 is 0 Å². The summed E-state index contributed by atoms with van der Waals surface area (Å²) in [6.45, 7) is 4.44. The Morgan fingerprint density at radius 2 is 2.11 bits per heavy atom. The monoisotopic (exact) mass is 363 g/mol. The summed E-state index contributed by atoms with van der Waals surface area (Å²) in [4.78, 5) is 23.5. The van der Waals surface area contributed by atoms with E-state index in [4.69, 9.17) is 4.52 Å². The Morgan fingerprint density at radius 1 is 1.22 bits per heavy atom. The second kappa shape index (κ2) is 7.19. The first-order valence-corrected chi connectivity index (χ1v) is 9.01. The molecule has 1 fully saturated rings. The van der Waals surface area contributed by atoms with Gasteiger partial charge in [-0.25, -0.2) is 9.97 Å². The molecule has 1 atom stereocenters. The van der Waals surface area contributed by atoms with Crippen molar-refractivity contribution in [1.82, 2.24) is 20.0 Å². The van der Waals surface area contributed by atoms with Gasteiger partial charge in [-0.3, -0.25) is 4.79 Å². The molecule has 0 radical (unpaired) electrons. The highest BCUT2D eigenvalue weighted by Gasteiger charge is 2.32. The molecule has 0 unspecified atom stereocenters. The highest BCUT2D eigenvalue weighted by atomic mass is 16.5. The zero-order chi connectivity index (χ0) is 18.8. The van der Waals surface area contributed by atoms with E-state index in [0.717, 1.165) is 29.9 Å². The minimum absolute atomic E-state index is 0.00326. The summed E-state index contributed by atoms with van der Waals surface area (Å²) in [7, 11) is 0. The molecule has 3 aromatic rings. The number of pyridine rings is 2. The number of hydrogen-bond acceptors (Lipinski definition) is 6. The van der Waals surface area contributed by atoms with E-state index in [1.165, 1.54) is 0 Å². The van der Waals surface area contributed by atoms with E-state index in [2.05, 4.69) is 20.4 Å². The largest absolute Gasteiger partial charge is 0.361 e. The fourth-order valence-corrected chi connectivity index (χ4v) is 3.44. The van der Waals surface area contributed by atoms with Crippen LogP contribution in [0, 0.1) is 13.8 Å². The predicted octanol–water partition coefficient (Wildman–Crippen LogP) is 3.80. The van der Waals surface area contributed by atoms with Gasteiger partial charge in [-0.1, -0.05) is 11.2 Å². The standard InChI is InChI=1S/C20H21N5O2/c1-13-5-3-7-18(22-13)23-19-12-15(8-9-21-19)17-6-4-10-25(17)20(26)16-11-14(2)27-24-16/h3,5,7-9,11-12,17H,4,6,10H2,1-2H3,(H,21,22,23)/t17-/m1/s1. The minimum Gasteiger partial charge on any atom is -0.361 e.